The number of likely N-dealkylation sites (tertiary alicyclic amines) is 1. The fourth-order valence-electron chi connectivity index (χ4n) is 1.95. The van der Waals surface area contributed by atoms with Gasteiger partial charge in [0.25, 0.3) is 0 Å². The smallest absolute Gasteiger partial charge is 0.390 e. The molecule has 0 atom stereocenters. The minimum Gasteiger partial charge on any atom is -0.481 e. The van der Waals surface area contributed by atoms with E-state index in [1.165, 1.54) is 0 Å². The Hall–Kier alpha value is -0.780. The molecule has 1 N–H and O–H groups in total. The van der Waals surface area contributed by atoms with Gasteiger partial charge in [0.2, 0.25) is 0 Å². The van der Waals surface area contributed by atoms with Crippen LogP contribution in [0.15, 0.2) is 0 Å². The lowest BCUT2D eigenvalue weighted by Gasteiger charge is -2.31. The Morgan fingerprint density at radius 3 is 2.31 bits per heavy atom. The molecule has 0 bridgehead atoms. The standard InChI is InChI=1S/C10H16F3NO2/c11-10(12,13)3-6-14-4-1-8(2-5-14)7-9(15)16/h8H,1-7H2,(H,15,16). The molecule has 0 amide bonds. The zero-order valence-electron chi connectivity index (χ0n) is 8.96. The summed E-state index contributed by atoms with van der Waals surface area (Å²) in [5.41, 5.74) is 0. The van der Waals surface area contributed by atoms with Crippen LogP contribution in [-0.2, 0) is 4.79 Å². The van der Waals surface area contributed by atoms with E-state index in [1.54, 1.807) is 4.90 Å². The Bertz CT molecular complexity index is 235. The Labute approximate surface area is 92.2 Å². The lowest BCUT2D eigenvalue weighted by atomic mass is 9.93. The van der Waals surface area contributed by atoms with Gasteiger partial charge in [-0.05, 0) is 31.8 Å². The minimum absolute atomic E-state index is 0.0310. The van der Waals surface area contributed by atoms with Crippen molar-refractivity contribution >= 4 is 5.97 Å². The largest absolute Gasteiger partial charge is 0.481 e. The van der Waals surface area contributed by atoms with E-state index in [2.05, 4.69) is 0 Å². The first-order valence-corrected chi connectivity index (χ1v) is 5.38. The molecule has 1 saturated heterocycles. The number of hydrogen-bond acceptors (Lipinski definition) is 2. The molecule has 0 aromatic carbocycles. The molecular weight excluding hydrogens is 223 g/mol. The normalized spacial score (nSPS) is 19.9. The SMILES string of the molecule is O=C(O)CC1CCN(CCC(F)(F)F)CC1. The summed E-state index contributed by atoms with van der Waals surface area (Å²) in [6, 6.07) is 0. The zero-order valence-corrected chi connectivity index (χ0v) is 8.96. The van der Waals surface area contributed by atoms with Crippen LogP contribution in [0.2, 0.25) is 0 Å². The van der Waals surface area contributed by atoms with Gasteiger partial charge in [-0.25, -0.2) is 0 Å². The third-order valence-corrected chi connectivity index (χ3v) is 2.88. The first kappa shape index (κ1) is 13.3. The summed E-state index contributed by atoms with van der Waals surface area (Å²) >= 11 is 0. The molecule has 1 fully saturated rings. The number of hydrogen-bond donors (Lipinski definition) is 1. The minimum atomic E-state index is -4.10. The Balaban J connectivity index is 2.19. The molecule has 0 radical (unpaired) electrons. The zero-order chi connectivity index (χ0) is 12.2. The van der Waals surface area contributed by atoms with Crippen LogP contribution in [0.25, 0.3) is 0 Å². The van der Waals surface area contributed by atoms with Gasteiger partial charge in [-0.3, -0.25) is 4.79 Å². The fraction of sp³-hybridized carbons (Fsp3) is 0.900. The second-order valence-corrected chi connectivity index (χ2v) is 4.25. The monoisotopic (exact) mass is 239 g/mol. The van der Waals surface area contributed by atoms with Crippen molar-refractivity contribution in [2.75, 3.05) is 19.6 Å². The van der Waals surface area contributed by atoms with Crippen LogP contribution in [0.3, 0.4) is 0 Å². The van der Waals surface area contributed by atoms with E-state index in [9.17, 15) is 18.0 Å². The Morgan fingerprint density at radius 1 is 1.31 bits per heavy atom. The molecule has 1 aliphatic heterocycles. The van der Waals surface area contributed by atoms with Gasteiger partial charge in [-0.1, -0.05) is 0 Å². The predicted octanol–water partition coefficient (Wildman–Crippen LogP) is 2.13. The number of piperidine rings is 1. The van der Waals surface area contributed by atoms with E-state index in [-0.39, 0.29) is 18.9 Å². The van der Waals surface area contributed by atoms with Crippen LogP contribution in [0.5, 0.6) is 0 Å². The third-order valence-electron chi connectivity index (χ3n) is 2.88. The van der Waals surface area contributed by atoms with Crippen LogP contribution < -0.4 is 0 Å². The maximum atomic E-state index is 12.0. The van der Waals surface area contributed by atoms with Crippen LogP contribution in [0.1, 0.15) is 25.7 Å². The van der Waals surface area contributed by atoms with E-state index in [1.807, 2.05) is 0 Å². The summed E-state index contributed by atoms with van der Waals surface area (Å²) < 4.78 is 35.9. The highest BCUT2D eigenvalue weighted by molar-refractivity contribution is 5.67. The molecule has 0 aliphatic carbocycles. The fourth-order valence-corrected chi connectivity index (χ4v) is 1.95. The number of carbonyl (C=O) groups is 1. The van der Waals surface area contributed by atoms with Crippen LogP contribution >= 0.6 is 0 Å². The molecule has 0 saturated carbocycles. The van der Waals surface area contributed by atoms with Crippen LogP contribution in [0.4, 0.5) is 13.2 Å². The molecule has 1 rings (SSSR count). The molecule has 16 heavy (non-hydrogen) atoms. The van der Waals surface area contributed by atoms with Crippen molar-refractivity contribution < 1.29 is 23.1 Å². The lowest BCUT2D eigenvalue weighted by molar-refractivity contribution is -0.139. The summed E-state index contributed by atoms with van der Waals surface area (Å²) in [4.78, 5) is 12.2. The summed E-state index contributed by atoms with van der Waals surface area (Å²) in [7, 11) is 0. The van der Waals surface area contributed by atoms with Gasteiger partial charge in [-0.15, -0.1) is 0 Å². The van der Waals surface area contributed by atoms with Crippen molar-refractivity contribution in [1.82, 2.24) is 4.90 Å². The Kier molecular flexibility index (Phi) is 4.58. The van der Waals surface area contributed by atoms with E-state index < -0.39 is 18.6 Å². The maximum Gasteiger partial charge on any atom is 0.390 e. The van der Waals surface area contributed by atoms with Gasteiger partial charge in [-0.2, -0.15) is 13.2 Å². The number of halogens is 3. The maximum absolute atomic E-state index is 12.0. The van der Waals surface area contributed by atoms with Crippen molar-refractivity contribution in [3.05, 3.63) is 0 Å². The molecule has 6 heteroatoms. The van der Waals surface area contributed by atoms with Gasteiger partial charge in [0.05, 0.1) is 6.42 Å². The number of carboxylic acids is 1. The van der Waals surface area contributed by atoms with Crippen molar-refractivity contribution in [1.29, 1.82) is 0 Å². The predicted molar refractivity (Wildman–Crippen MR) is 52.1 cm³/mol. The average molecular weight is 239 g/mol. The number of alkyl halides is 3. The van der Waals surface area contributed by atoms with Gasteiger partial charge in [0, 0.05) is 13.0 Å². The van der Waals surface area contributed by atoms with Gasteiger partial charge >= 0.3 is 12.1 Å². The highest BCUT2D eigenvalue weighted by Gasteiger charge is 2.29. The van der Waals surface area contributed by atoms with Crippen molar-refractivity contribution in [3.8, 4) is 0 Å². The molecule has 0 unspecified atom stereocenters. The second-order valence-electron chi connectivity index (χ2n) is 4.25. The molecular formula is C10H16F3NO2. The quantitative estimate of drug-likeness (QED) is 0.817. The second kappa shape index (κ2) is 5.52. The van der Waals surface area contributed by atoms with Crippen molar-refractivity contribution in [2.24, 2.45) is 5.92 Å². The summed E-state index contributed by atoms with van der Waals surface area (Å²) in [6.45, 7) is 1.19. The summed E-state index contributed by atoms with van der Waals surface area (Å²) in [6.07, 6.45) is -3.38. The van der Waals surface area contributed by atoms with E-state index in [0.29, 0.717) is 25.9 Å². The molecule has 1 aliphatic rings. The highest BCUT2D eigenvalue weighted by atomic mass is 19.4. The van der Waals surface area contributed by atoms with Gasteiger partial charge in [0.1, 0.15) is 0 Å². The molecule has 1 heterocycles. The molecule has 0 spiro atoms. The number of nitrogens with zero attached hydrogens (tertiary/aromatic N) is 1. The van der Waals surface area contributed by atoms with E-state index >= 15 is 0 Å². The molecule has 94 valence electrons. The highest BCUT2D eigenvalue weighted by Crippen LogP contribution is 2.23. The van der Waals surface area contributed by atoms with E-state index in [4.69, 9.17) is 5.11 Å². The van der Waals surface area contributed by atoms with Crippen LogP contribution in [-0.4, -0.2) is 41.8 Å². The first-order valence-electron chi connectivity index (χ1n) is 5.38. The topological polar surface area (TPSA) is 40.5 Å². The molecule has 0 aromatic heterocycles. The third kappa shape index (κ3) is 5.34. The summed E-state index contributed by atoms with van der Waals surface area (Å²) in [5.74, 6) is -0.701. The number of aliphatic carboxylic acids is 1. The van der Waals surface area contributed by atoms with Crippen molar-refractivity contribution in [3.63, 3.8) is 0 Å². The van der Waals surface area contributed by atoms with Gasteiger partial charge < -0.3 is 10.0 Å². The summed E-state index contributed by atoms with van der Waals surface area (Å²) in [5, 5.41) is 8.58. The van der Waals surface area contributed by atoms with E-state index in [0.717, 1.165) is 0 Å². The Morgan fingerprint density at radius 2 is 1.88 bits per heavy atom. The van der Waals surface area contributed by atoms with Crippen LogP contribution in [0, 0.1) is 5.92 Å². The molecule has 0 aromatic rings. The lowest BCUT2D eigenvalue weighted by Crippen LogP contribution is -2.36. The number of rotatable bonds is 4. The average Bonchev–Trinajstić information content (AvgIpc) is 2.14. The van der Waals surface area contributed by atoms with Crippen molar-refractivity contribution in [2.45, 2.75) is 31.9 Å². The van der Waals surface area contributed by atoms with Gasteiger partial charge in [0.15, 0.2) is 0 Å². The number of carboxylic acid groups (broad SMARTS) is 1. The molecule has 3 nitrogen and oxygen atoms in total. The first-order chi connectivity index (χ1) is 7.37.